The monoisotopic (exact) mass is 412 g/mol. The molecule has 2 rings (SSSR count). The summed E-state index contributed by atoms with van der Waals surface area (Å²) >= 11 is 0. The van der Waals surface area contributed by atoms with Crippen LogP contribution in [0.3, 0.4) is 0 Å². The average molecular weight is 413 g/mol. The molecule has 6 heteroatoms. The van der Waals surface area contributed by atoms with E-state index in [9.17, 15) is 13.0 Å². The van der Waals surface area contributed by atoms with Crippen molar-refractivity contribution in [2.24, 2.45) is 0 Å². The molecule has 28 heavy (non-hydrogen) atoms. The van der Waals surface area contributed by atoms with Crippen LogP contribution in [0, 0.1) is 0 Å². The van der Waals surface area contributed by atoms with Gasteiger partial charge in [-0.1, -0.05) is 70.1 Å². The van der Waals surface area contributed by atoms with Crippen molar-refractivity contribution < 1.29 is 47.3 Å². The molecule has 0 fully saturated rings. The first kappa shape index (κ1) is 25.2. The molecule has 0 aromatic heterocycles. The second kappa shape index (κ2) is 13.4. The molecule has 2 aromatic carbocycles. The van der Waals surface area contributed by atoms with Gasteiger partial charge in [-0.2, -0.15) is 0 Å². The van der Waals surface area contributed by atoms with Crippen molar-refractivity contribution in [1.82, 2.24) is 0 Å². The number of aryl methyl sites for hydroxylation is 1. The Kier molecular flexibility index (Phi) is 12.0. The molecular weight excluding hydrogens is 383 g/mol. The van der Waals surface area contributed by atoms with Crippen LogP contribution >= 0.6 is 0 Å². The van der Waals surface area contributed by atoms with E-state index in [1.165, 1.54) is 50.7 Å². The molecule has 0 N–H and O–H groups in total. The first-order valence-corrected chi connectivity index (χ1v) is 11.2. The molecule has 0 amide bonds. The number of para-hydroxylation sites is 1. The molecule has 2 aromatic rings. The minimum Gasteiger partial charge on any atom is -0.744 e. The second-order valence-electron chi connectivity index (χ2n) is 6.86. The summed E-state index contributed by atoms with van der Waals surface area (Å²) in [5.41, 5.74) is 0.766. The molecule has 0 saturated carbocycles. The smallest absolute Gasteiger partial charge is 0.744 e. The Morgan fingerprint density at radius 3 is 2.07 bits per heavy atom. The van der Waals surface area contributed by atoms with Crippen LogP contribution < -0.4 is 34.3 Å². The third kappa shape index (κ3) is 9.10. The van der Waals surface area contributed by atoms with Crippen LogP contribution in [0.25, 0.3) is 0 Å². The zero-order chi connectivity index (χ0) is 19.5. The van der Waals surface area contributed by atoms with Gasteiger partial charge in [0.15, 0.2) is 0 Å². The van der Waals surface area contributed by atoms with Crippen molar-refractivity contribution in [3.8, 4) is 11.5 Å². The summed E-state index contributed by atoms with van der Waals surface area (Å²) in [6.07, 6.45) is 10.3. The Bertz CT molecular complexity index is 791. The maximum atomic E-state index is 11.4. The third-order valence-corrected chi connectivity index (χ3v) is 5.42. The minimum absolute atomic E-state index is 0. The van der Waals surface area contributed by atoms with Gasteiger partial charge in [-0.05, 0) is 48.7 Å². The van der Waals surface area contributed by atoms with Gasteiger partial charge in [0, 0.05) is 0 Å². The standard InChI is InChI=1S/C22H30O4S.Na/c1-2-3-4-5-6-7-8-10-13-19-18-21(27(23,24)25)16-17-22(19)26-20-14-11-9-12-15-20;/h9,11-12,14-18H,2-8,10,13H2,1H3,(H,23,24,25);/q;+1/p-1. The zero-order valence-electron chi connectivity index (χ0n) is 17.0. The molecule has 0 radical (unpaired) electrons. The summed E-state index contributed by atoms with van der Waals surface area (Å²) in [7, 11) is -4.47. The fourth-order valence-corrected chi connectivity index (χ4v) is 3.59. The molecule has 0 atom stereocenters. The third-order valence-electron chi connectivity index (χ3n) is 4.59. The van der Waals surface area contributed by atoms with Crippen LogP contribution in [-0.4, -0.2) is 13.0 Å². The molecule has 0 aliphatic rings. The van der Waals surface area contributed by atoms with Gasteiger partial charge in [-0.3, -0.25) is 0 Å². The summed E-state index contributed by atoms with van der Waals surface area (Å²) in [6, 6.07) is 13.7. The van der Waals surface area contributed by atoms with E-state index < -0.39 is 10.1 Å². The predicted octanol–water partition coefficient (Wildman–Crippen LogP) is 3.07. The molecule has 0 saturated heterocycles. The number of rotatable bonds is 12. The first-order chi connectivity index (χ1) is 13.0. The number of benzene rings is 2. The molecule has 0 bridgehead atoms. The van der Waals surface area contributed by atoms with Gasteiger partial charge in [0.2, 0.25) is 0 Å². The summed E-state index contributed by atoms with van der Waals surface area (Å²) in [5.74, 6) is 1.30. The van der Waals surface area contributed by atoms with E-state index in [0.29, 0.717) is 17.9 Å². The molecule has 0 unspecified atom stereocenters. The van der Waals surface area contributed by atoms with E-state index in [2.05, 4.69) is 6.92 Å². The molecule has 0 aliphatic heterocycles. The van der Waals surface area contributed by atoms with Crippen LogP contribution in [0.15, 0.2) is 53.4 Å². The maximum absolute atomic E-state index is 11.4. The SMILES string of the molecule is CCCCCCCCCCc1cc(S(=O)(=O)[O-])ccc1Oc1ccccc1.[Na+]. The predicted molar refractivity (Wildman–Crippen MR) is 107 cm³/mol. The number of hydrogen-bond acceptors (Lipinski definition) is 4. The van der Waals surface area contributed by atoms with Gasteiger partial charge < -0.3 is 9.29 Å². The molecule has 148 valence electrons. The Balaban J connectivity index is 0.00000392. The van der Waals surface area contributed by atoms with Crippen LogP contribution in [0.1, 0.15) is 63.9 Å². The van der Waals surface area contributed by atoms with Gasteiger partial charge in [0.1, 0.15) is 21.6 Å². The topological polar surface area (TPSA) is 66.4 Å². The van der Waals surface area contributed by atoms with Gasteiger partial charge in [-0.25, -0.2) is 8.42 Å². The van der Waals surface area contributed by atoms with Gasteiger partial charge in [0.05, 0.1) is 4.90 Å². The molecular formula is C22H29NaO4S. The quantitative estimate of drug-likeness (QED) is 0.305. The first-order valence-electron chi connectivity index (χ1n) is 9.82. The number of unbranched alkanes of at least 4 members (excludes halogenated alkanes) is 7. The van der Waals surface area contributed by atoms with E-state index in [0.717, 1.165) is 18.4 Å². The van der Waals surface area contributed by atoms with Gasteiger partial charge in [0.25, 0.3) is 0 Å². The van der Waals surface area contributed by atoms with E-state index in [1.807, 2.05) is 30.3 Å². The molecule has 0 spiro atoms. The van der Waals surface area contributed by atoms with Crippen LogP contribution in [0.5, 0.6) is 11.5 Å². The second-order valence-corrected chi connectivity index (χ2v) is 8.24. The van der Waals surface area contributed by atoms with Crippen molar-refractivity contribution >= 4 is 10.1 Å². The van der Waals surface area contributed by atoms with Crippen molar-refractivity contribution in [2.45, 2.75) is 69.6 Å². The fourth-order valence-electron chi connectivity index (χ4n) is 3.07. The van der Waals surface area contributed by atoms with Gasteiger partial charge in [-0.15, -0.1) is 0 Å². The average Bonchev–Trinajstić information content (AvgIpc) is 2.65. The van der Waals surface area contributed by atoms with E-state index in [1.54, 1.807) is 6.07 Å². The Morgan fingerprint density at radius 1 is 0.857 bits per heavy atom. The summed E-state index contributed by atoms with van der Waals surface area (Å²) in [5, 5.41) is 0. The van der Waals surface area contributed by atoms with Crippen LogP contribution in [0.4, 0.5) is 0 Å². The largest absolute Gasteiger partial charge is 1.00 e. The van der Waals surface area contributed by atoms with Crippen LogP contribution in [0.2, 0.25) is 0 Å². The normalized spacial score (nSPS) is 11.1. The molecule has 4 nitrogen and oxygen atoms in total. The van der Waals surface area contributed by atoms with Crippen molar-refractivity contribution in [1.29, 1.82) is 0 Å². The van der Waals surface area contributed by atoms with E-state index in [4.69, 9.17) is 4.74 Å². The number of ether oxygens (including phenoxy) is 1. The number of hydrogen-bond donors (Lipinski definition) is 0. The van der Waals surface area contributed by atoms with Gasteiger partial charge >= 0.3 is 29.6 Å². The maximum Gasteiger partial charge on any atom is 1.00 e. The Morgan fingerprint density at radius 2 is 1.46 bits per heavy atom. The van der Waals surface area contributed by atoms with Crippen molar-refractivity contribution in [2.75, 3.05) is 0 Å². The Labute approximate surface area is 191 Å². The molecule has 0 heterocycles. The van der Waals surface area contributed by atoms with E-state index >= 15 is 0 Å². The molecule has 0 aliphatic carbocycles. The summed E-state index contributed by atoms with van der Waals surface area (Å²) in [4.78, 5) is -0.197. The van der Waals surface area contributed by atoms with Crippen molar-refractivity contribution in [3.63, 3.8) is 0 Å². The van der Waals surface area contributed by atoms with E-state index in [-0.39, 0.29) is 34.5 Å². The summed E-state index contributed by atoms with van der Waals surface area (Å²) < 4.78 is 40.0. The summed E-state index contributed by atoms with van der Waals surface area (Å²) in [6.45, 7) is 2.21. The zero-order valence-corrected chi connectivity index (χ0v) is 19.8. The Hall–Kier alpha value is -0.850. The fraction of sp³-hybridized carbons (Fsp3) is 0.455. The minimum atomic E-state index is -4.47. The van der Waals surface area contributed by atoms with Crippen molar-refractivity contribution in [3.05, 3.63) is 54.1 Å². The van der Waals surface area contributed by atoms with Crippen LogP contribution in [-0.2, 0) is 16.5 Å².